The fourth-order valence-electron chi connectivity index (χ4n) is 3.14. The second-order valence-corrected chi connectivity index (χ2v) is 6.80. The minimum atomic E-state index is -0.714. The molecule has 0 atom stereocenters. The molecule has 1 heterocycles. The predicted octanol–water partition coefficient (Wildman–Crippen LogP) is 3.65. The fourth-order valence-corrected chi connectivity index (χ4v) is 3.14. The number of aromatic nitrogens is 1. The van der Waals surface area contributed by atoms with Crippen molar-refractivity contribution in [3.63, 3.8) is 0 Å². The Morgan fingerprint density at radius 1 is 0.963 bits per heavy atom. The van der Waals surface area contributed by atoms with Crippen LogP contribution in [0.4, 0.5) is 11.4 Å². The molecule has 1 saturated carbocycles. The van der Waals surface area contributed by atoms with Crippen LogP contribution < -0.4 is 10.6 Å². The number of hydrogen-bond acceptors (Lipinski definition) is 3. The third-order valence-electron chi connectivity index (χ3n) is 4.66. The third-order valence-corrected chi connectivity index (χ3v) is 4.66. The van der Waals surface area contributed by atoms with Crippen LogP contribution in [0.3, 0.4) is 0 Å². The van der Waals surface area contributed by atoms with E-state index in [1.165, 1.54) is 0 Å². The molecule has 1 aliphatic carbocycles. The average molecular weight is 361 g/mol. The largest absolute Gasteiger partial charge is 0.358 e. The number of nitrogens with one attached hydrogen (secondary N) is 3. The zero-order valence-corrected chi connectivity index (χ0v) is 14.8. The van der Waals surface area contributed by atoms with Gasteiger partial charge in [0.2, 0.25) is 5.91 Å². The summed E-state index contributed by atoms with van der Waals surface area (Å²) in [7, 11) is 0. The summed E-state index contributed by atoms with van der Waals surface area (Å²) in [6.45, 7) is 1.77. The summed E-state index contributed by atoms with van der Waals surface area (Å²) >= 11 is 0. The SMILES string of the molecule is Cc1[nH]c2ccccc2c1C(=O)C(=O)Nc1cccc(NC(=O)C2CC2)c1. The van der Waals surface area contributed by atoms with Crippen LogP contribution in [-0.2, 0) is 9.59 Å². The van der Waals surface area contributed by atoms with Crippen LogP contribution in [-0.4, -0.2) is 22.6 Å². The van der Waals surface area contributed by atoms with Gasteiger partial charge in [0.15, 0.2) is 0 Å². The van der Waals surface area contributed by atoms with E-state index >= 15 is 0 Å². The van der Waals surface area contributed by atoms with Gasteiger partial charge < -0.3 is 15.6 Å². The molecule has 4 rings (SSSR count). The van der Waals surface area contributed by atoms with Gasteiger partial charge in [0.25, 0.3) is 11.7 Å². The molecule has 1 fully saturated rings. The van der Waals surface area contributed by atoms with Crippen LogP contribution in [0.1, 0.15) is 28.9 Å². The molecule has 1 aliphatic rings. The van der Waals surface area contributed by atoms with Crippen molar-refractivity contribution in [2.45, 2.75) is 19.8 Å². The molecule has 0 bridgehead atoms. The maximum absolute atomic E-state index is 12.7. The summed E-state index contributed by atoms with van der Waals surface area (Å²) in [5, 5.41) is 6.18. The van der Waals surface area contributed by atoms with Crippen molar-refractivity contribution in [3.05, 3.63) is 59.8 Å². The standard InChI is InChI=1S/C21H19N3O3/c1-12-18(16-7-2-3-8-17(16)22-12)19(25)21(27)24-15-6-4-5-14(11-15)23-20(26)13-9-10-13/h2-8,11,13,22H,9-10H2,1H3,(H,23,26)(H,24,27). The molecule has 2 amide bonds. The van der Waals surface area contributed by atoms with Gasteiger partial charge >= 0.3 is 0 Å². The first-order valence-corrected chi connectivity index (χ1v) is 8.87. The molecule has 2 aromatic carbocycles. The van der Waals surface area contributed by atoms with Gasteiger partial charge in [0.05, 0.1) is 5.56 Å². The lowest BCUT2D eigenvalue weighted by Gasteiger charge is -2.08. The molecule has 1 aromatic heterocycles. The van der Waals surface area contributed by atoms with Gasteiger partial charge in [-0.25, -0.2) is 0 Å². The number of carbonyl (C=O) groups is 3. The number of para-hydroxylation sites is 1. The number of rotatable bonds is 5. The monoisotopic (exact) mass is 361 g/mol. The average Bonchev–Trinajstić information content (AvgIpc) is 3.44. The van der Waals surface area contributed by atoms with Crippen molar-refractivity contribution in [3.8, 4) is 0 Å². The predicted molar refractivity (Wildman–Crippen MR) is 104 cm³/mol. The molecular formula is C21H19N3O3. The number of Topliss-reactive ketones (excluding diaryl/α,β-unsaturated/α-hetero) is 1. The summed E-state index contributed by atoms with van der Waals surface area (Å²) < 4.78 is 0. The highest BCUT2D eigenvalue weighted by atomic mass is 16.2. The number of amides is 2. The summed E-state index contributed by atoms with van der Waals surface area (Å²) in [6, 6.07) is 14.2. The topological polar surface area (TPSA) is 91.1 Å². The van der Waals surface area contributed by atoms with Crippen molar-refractivity contribution in [1.82, 2.24) is 4.98 Å². The first-order valence-electron chi connectivity index (χ1n) is 8.87. The molecule has 27 heavy (non-hydrogen) atoms. The summed E-state index contributed by atoms with van der Waals surface area (Å²) in [5.74, 6) is -1.23. The van der Waals surface area contributed by atoms with Gasteiger partial charge in [0.1, 0.15) is 0 Å². The fraction of sp³-hybridized carbons (Fsp3) is 0.190. The smallest absolute Gasteiger partial charge is 0.296 e. The lowest BCUT2D eigenvalue weighted by atomic mass is 10.1. The minimum Gasteiger partial charge on any atom is -0.358 e. The molecule has 3 aromatic rings. The Kier molecular flexibility index (Phi) is 4.24. The number of fused-ring (bicyclic) bond motifs is 1. The Morgan fingerprint density at radius 3 is 2.41 bits per heavy atom. The highest BCUT2D eigenvalue weighted by molar-refractivity contribution is 6.48. The van der Waals surface area contributed by atoms with Crippen LogP contribution in [0.5, 0.6) is 0 Å². The molecule has 3 N–H and O–H groups in total. The summed E-state index contributed by atoms with van der Waals surface area (Å²) in [6.07, 6.45) is 1.83. The summed E-state index contributed by atoms with van der Waals surface area (Å²) in [4.78, 5) is 40.2. The van der Waals surface area contributed by atoms with E-state index in [2.05, 4.69) is 15.6 Å². The van der Waals surface area contributed by atoms with Gasteiger partial charge in [-0.15, -0.1) is 0 Å². The molecule has 6 nitrogen and oxygen atoms in total. The normalized spacial score (nSPS) is 13.4. The Labute approximate surface area is 156 Å². The van der Waals surface area contributed by atoms with Gasteiger partial charge in [0, 0.05) is 33.9 Å². The quantitative estimate of drug-likeness (QED) is 0.478. The Balaban J connectivity index is 1.52. The lowest BCUT2D eigenvalue weighted by molar-refractivity contribution is -0.117. The van der Waals surface area contributed by atoms with E-state index in [0.29, 0.717) is 22.6 Å². The van der Waals surface area contributed by atoms with Crippen molar-refractivity contribution in [1.29, 1.82) is 0 Å². The number of aryl methyl sites for hydroxylation is 1. The zero-order chi connectivity index (χ0) is 19.0. The molecule has 0 radical (unpaired) electrons. The maximum atomic E-state index is 12.7. The minimum absolute atomic E-state index is 0.0102. The first-order chi connectivity index (χ1) is 13.0. The number of carbonyl (C=O) groups excluding carboxylic acids is 3. The van der Waals surface area contributed by atoms with Gasteiger partial charge in [-0.1, -0.05) is 24.3 Å². The van der Waals surface area contributed by atoms with Crippen LogP contribution >= 0.6 is 0 Å². The molecular weight excluding hydrogens is 342 g/mol. The van der Waals surface area contributed by atoms with E-state index in [-0.39, 0.29) is 11.8 Å². The second kappa shape index (κ2) is 6.72. The van der Waals surface area contributed by atoms with Crippen LogP contribution in [0.15, 0.2) is 48.5 Å². The maximum Gasteiger partial charge on any atom is 0.296 e. The molecule has 0 unspecified atom stereocenters. The van der Waals surface area contributed by atoms with E-state index in [1.807, 2.05) is 24.3 Å². The Morgan fingerprint density at radius 2 is 1.67 bits per heavy atom. The number of H-pyrrole nitrogens is 1. The van der Waals surface area contributed by atoms with Crippen molar-refractivity contribution >= 4 is 39.9 Å². The molecule has 6 heteroatoms. The second-order valence-electron chi connectivity index (χ2n) is 6.80. The molecule has 0 spiro atoms. The first kappa shape index (κ1) is 17.0. The highest BCUT2D eigenvalue weighted by Gasteiger charge is 2.29. The van der Waals surface area contributed by atoms with E-state index < -0.39 is 11.7 Å². The Hall–Kier alpha value is -3.41. The van der Waals surface area contributed by atoms with Crippen LogP contribution in [0.25, 0.3) is 10.9 Å². The summed E-state index contributed by atoms with van der Waals surface area (Å²) in [5.41, 5.74) is 2.90. The zero-order valence-electron chi connectivity index (χ0n) is 14.8. The van der Waals surface area contributed by atoms with Crippen LogP contribution in [0.2, 0.25) is 0 Å². The number of ketones is 1. The van der Waals surface area contributed by atoms with Crippen LogP contribution in [0, 0.1) is 12.8 Å². The van der Waals surface area contributed by atoms with Gasteiger partial charge in [-0.05, 0) is 44.0 Å². The number of benzene rings is 2. The van der Waals surface area contributed by atoms with Crippen molar-refractivity contribution < 1.29 is 14.4 Å². The number of hydrogen-bond donors (Lipinski definition) is 3. The van der Waals surface area contributed by atoms with Crippen molar-refractivity contribution in [2.75, 3.05) is 10.6 Å². The lowest BCUT2D eigenvalue weighted by Crippen LogP contribution is -2.23. The Bertz CT molecular complexity index is 1060. The van der Waals surface area contributed by atoms with E-state index in [1.54, 1.807) is 31.2 Å². The van der Waals surface area contributed by atoms with Gasteiger partial charge in [-0.3, -0.25) is 14.4 Å². The number of anilines is 2. The third kappa shape index (κ3) is 3.46. The molecule has 0 saturated heterocycles. The highest BCUT2D eigenvalue weighted by Crippen LogP contribution is 2.30. The van der Waals surface area contributed by atoms with E-state index in [0.717, 1.165) is 23.7 Å². The van der Waals surface area contributed by atoms with E-state index in [4.69, 9.17) is 0 Å². The molecule has 136 valence electrons. The van der Waals surface area contributed by atoms with Gasteiger partial charge in [-0.2, -0.15) is 0 Å². The van der Waals surface area contributed by atoms with Crippen molar-refractivity contribution in [2.24, 2.45) is 5.92 Å². The molecule has 0 aliphatic heterocycles. The number of aromatic amines is 1. The van der Waals surface area contributed by atoms with E-state index in [9.17, 15) is 14.4 Å².